The maximum absolute atomic E-state index is 14.9. The SMILES string of the molecule is C[C@@H](N1CCn2cc(-c3cccc(Br)c3)nc2C1)[C@](O)(Cn1cncn1)c1ccc(F)cc1F. The van der Waals surface area contributed by atoms with E-state index in [1.54, 1.807) is 0 Å². The molecule has 0 saturated carbocycles. The molecule has 34 heavy (non-hydrogen) atoms. The van der Waals surface area contributed by atoms with Crippen molar-refractivity contribution in [1.29, 1.82) is 0 Å². The number of benzene rings is 2. The van der Waals surface area contributed by atoms with Crippen LogP contribution < -0.4 is 0 Å². The Kier molecular flexibility index (Phi) is 6.05. The third-order valence-electron chi connectivity index (χ3n) is 6.46. The summed E-state index contributed by atoms with van der Waals surface area (Å²) in [5.41, 5.74) is 0.203. The predicted molar refractivity (Wildman–Crippen MR) is 126 cm³/mol. The summed E-state index contributed by atoms with van der Waals surface area (Å²) >= 11 is 3.50. The molecule has 1 N–H and O–H groups in total. The van der Waals surface area contributed by atoms with Crippen molar-refractivity contribution in [2.24, 2.45) is 0 Å². The van der Waals surface area contributed by atoms with Gasteiger partial charge in [0.05, 0.1) is 18.8 Å². The van der Waals surface area contributed by atoms with Crippen LogP contribution in [-0.2, 0) is 25.2 Å². The van der Waals surface area contributed by atoms with Gasteiger partial charge in [0.15, 0.2) is 0 Å². The van der Waals surface area contributed by atoms with Crippen LogP contribution >= 0.6 is 15.9 Å². The van der Waals surface area contributed by atoms with Crippen molar-refractivity contribution < 1.29 is 13.9 Å². The van der Waals surface area contributed by atoms with Gasteiger partial charge >= 0.3 is 0 Å². The first-order chi connectivity index (χ1) is 16.3. The zero-order chi connectivity index (χ0) is 23.9. The summed E-state index contributed by atoms with van der Waals surface area (Å²) in [6.07, 6.45) is 4.85. The molecule has 0 unspecified atom stereocenters. The molecule has 0 fully saturated rings. The fraction of sp³-hybridized carbons (Fsp3) is 0.292. The molecule has 0 bridgehead atoms. The molecule has 2 aromatic heterocycles. The summed E-state index contributed by atoms with van der Waals surface area (Å²) in [7, 11) is 0. The molecule has 0 amide bonds. The molecule has 1 aliphatic heterocycles. The van der Waals surface area contributed by atoms with E-state index in [9.17, 15) is 13.9 Å². The van der Waals surface area contributed by atoms with Crippen LogP contribution in [0.25, 0.3) is 11.3 Å². The number of hydrogen-bond acceptors (Lipinski definition) is 5. The van der Waals surface area contributed by atoms with E-state index in [0.29, 0.717) is 19.6 Å². The summed E-state index contributed by atoms with van der Waals surface area (Å²) in [4.78, 5) is 10.8. The number of halogens is 3. The van der Waals surface area contributed by atoms with E-state index in [1.807, 2.05) is 37.4 Å². The van der Waals surface area contributed by atoms with Gasteiger partial charge in [-0.1, -0.05) is 34.1 Å². The molecule has 5 rings (SSSR count). The van der Waals surface area contributed by atoms with Crippen molar-refractivity contribution in [2.45, 2.75) is 38.2 Å². The number of nitrogens with zero attached hydrogens (tertiary/aromatic N) is 6. The maximum atomic E-state index is 14.9. The topological polar surface area (TPSA) is 72.0 Å². The van der Waals surface area contributed by atoms with Crippen molar-refractivity contribution >= 4 is 15.9 Å². The van der Waals surface area contributed by atoms with Crippen LogP contribution in [0, 0.1) is 11.6 Å². The van der Waals surface area contributed by atoms with Gasteiger partial charge in [-0.3, -0.25) is 4.90 Å². The number of fused-ring (bicyclic) bond motifs is 1. The summed E-state index contributed by atoms with van der Waals surface area (Å²) in [5.74, 6) is -0.641. The monoisotopic (exact) mass is 528 g/mol. The number of hydrogen-bond donors (Lipinski definition) is 1. The van der Waals surface area contributed by atoms with Gasteiger partial charge in [0.2, 0.25) is 0 Å². The Balaban J connectivity index is 1.46. The summed E-state index contributed by atoms with van der Waals surface area (Å²) < 4.78 is 33.0. The van der Waals surface area contributed by atoms with Gasteiger partial charge in [-0.05, 0) is 25.1 Å². The van der Waals surface area contributed by atoms with Crippen LogP contribution in [0.2, 0.25) is 0 Å². The minimum atomic E-state index is -1.69. The Morgan fingerprint density at radius 3 is 2.76 bits per heavy atom. The van der Waals surface area contributed by atoms with E-state index in [1.165, 1.54) is 23.4 Å². The first kappa shape index (κ1) is 22.8. The predicted octanol–water partition coefficient (Wildman–Crippen LogP) is 3.97. The lowest BCUT2D eigenvalue weighted by atomic mass is 9.85. The number of aliphatic hydroxyl groups is 1. The van der Waals surface area contributed by atoms with Gasteiger partial charge < -0.3 is 9.67 Å². The largest absolute Gasteiger partial charge is 0.381 e. The summed E-state index contributed by atoms with van der Waals surface area (Å²) in [6.45, 7) is 3.58. The third-order valence-corrected chi connectivity index (χ3v) is 6.95. The Morgan fingerprint density at radius 1 is 1.18 bits per heavy atom. The highest BCUT2D eigenvalue weighted by atomic mass is 79.9. The number of imidazole rings is 1. The highest BCUT2D eigenvalue weighted by Crippen LogP contribution is 2.34. The average Bonchev–Trinajstić information content (AvgIpc) is 3.47. The van der Waals surface area contributed by atoms with Crippen LogP contribution in [0.1, 0.15) is 18.3 Å². The van der Waals surface area contributed by atoms with Crippen molar-refractivity contribution in [2.75, 3.05) is 6.54 Å². The highest BCUT2D eigenvalue weighted by molar-refractivity contribution is 9.10. The van der Waals surface area contributed by atoms with Crippen molar-refractivity contribution in [3.8, 4) is 11.3 Å². The van der Waals surface area contributed by atoms with Crippen molar-refractivity contribution in [1.82, 2.24) is 29.2 Å². The molecule has 4 aromatic rings. The molecule has 10 heteroatoms. The second-order valence-corrected chi connectivity index (χ2v) is 9.45. The lowest BCUT2D eigenvalue weighted by Gasteiger charge is -2.42. The minimum absolute atomic E-state index is 0.0145. The van der Waals surface area contributed by atoms with Crippen LogP contribution in [0.3, 0.4) is 0 Å². The van der Waals surface area contributed by atoms with Crippen LogP contribution in [0.4, 0.5) is 8.78 Å². The zero-order valence-corrected chi connectivity index (χ0v) is 20.0. The molecule has 0 spiro atoms. The van der Waals surface area contributed by atoms with Gasteiger partial charge in [0, 0.05) is 47.0 Å². The van der Waals surface area contributed by atoms with E-state index in [-0.39, 0.29) is 12.1 Å². The van der Waals surface area contributed by atoms with Crippen molar-refractivity contribution in [3.63, 3.8) is 0 Å². The molecule has 2 atom stereocenters. The lowest BCUT2D eigenvalue weighted by molar-refractivity contribution is -0.0709. The molecule has 0 radical (unpaired) electrons. The van der Waals surface area contributed by atoms with E-state index >= 15 is 0 Å². The lowest BCUT2D eigenvalue weighted by Crippen LogP contribution is -2.53. The average molecular weight is 529 g/mol. The van der Waals surface area contributed by atoms with Gasteiger partial charge in [-0.2, -0.15) is 5.10 Å². The number of aromatic nitrogens is 5. The molecule has 1 aliphatic rings. The Bertz CT molecular complexity index is 1310. The molecular formula is C24H23BrF2N6O. The normalized spacial score (nSPS) is 16.7. The molecule has 0 saturated heterocycles. The van der Waals surface area contributed by atoms with Gasteiger partial charge in [0.25, 0.3) is 0 Å². The van der Waals surface area contributed by atoms with Gasteiger partial charge in [0.1, 0.15) is 35.7 Å². The van der Waals surface area contributed by atoms with Crippen LogP contribution in [0.5, 0.6) is 0 Å². The fourth-order valence-electron chi connectivity index (χ4n) is 4.53. The zero-order valence-electron chi connectivity index (χ0n) is 18.4. The highest BCUT2D eigenvalue weighted by Gasteiger charge is 2.43. The van der Waals surface area contributed by atoms with Gasteiger partial charge in [-0.25, -0.2) is 23.4 Å². The first-order valence-corrected chi connectivity index (χ1v) is 11.7. The smallest absolute Gasteiger partial charge is 0.137 e. The Labute approximate surface area is 203 Å². The molecule has 7 nitrogen and oxygen atoms in total. The van der Waals surface area contributed by atoms with E-state index < -0.39 is 23.3 Å². The fourth-order valence-corrected chi connectivity index (χ4v) is 4.93. The maximum Gasteiger partial charge on any atom is 0.137 e. The Morgan fingerprint density at radius 2 is 2.03 bits per heavy atom. The van der Waals surface area contributed by atoms with E-state index in [2.05, 4.69) is 35.5 Å². The molecule has 3 heterocycles. The van der Waals surface area contributed by atoms with Crippen LogP contribution in [-0.4, -0.2) is 46.9 Å². The Hall–Kier alpha value is -2.95. The molecule has 0 aliphatic carbocycles. The second-order valence-electron chi connectivity index (χ2n) is 8.53. The van der Waals surface area contributed by atoms with Crippen LogP contribution in [0.15, 0.2) is 65.8 Å². The molecule has 2 aromatic carbocycles. The standard InChI is InChI=1S/C24H23BrF2N6O/c1-16(24(34,13-33-15-28-14-29-33)20-6-5-19(26)10-21(20)27)31-7-8-32-11-22(30-23(32)12-31)17-3-2-4-18(25)9-17/h2-6,9-11,14-16,34H,7-8,12-13H2,1H3/t16-,24-/m1/s1. The third kappa shape index (κ3) is 4.28. The minimum Gasteiger partial charge on any atom is -0.381 e. The summed E-state index contributed by atoms with van der Waals surface area (Å²) in [5, 5.41) is 16.0. The quantitative estimate of drug-likeness (QED) is 0.410. The second kappa shape index (κ2) is 9.01. The molecular weight excluding hydrogens is 506 g/mol. The van der Waals surface area contributed by atoms with E-state index in [0.717, 1.165) is 33.7 Å². The first-order valence-electron chi connectivity index (χ1n) is 10.9. The van der Waals surface area contributed by atoms with Gasteiger partial charge in [-0.15, -0.1) is 0 Å². The molecule has 176 valence electrons. The summed E-state index contributed by atoms with van der Waals surface area (Å²) in [6, 6.07) is 10.7. The van der Waals surface area contributed by atoms with Crippen molar-refractivity contribution in [3.05, 3.63) is 88.8 Å². The number of rotatable bonds is 6. The van der Waals surface area contributed by atoms with E-state index in [4.69, 9.17) is 4.98 Å².